The smallest absolute Gasteiger partial charge is 0.227 e. The number of nitrogens with one attached hydrogen (secondary N) is 1. The summed E-state index contributed by atoms with van der Waals surface area (Å²) in [5.74, 6) is 1.12. The van der Waals surface area contributed by atoms with Gasteiger partial charge in [-0.1, -0.05) is 6.07 Å². The van der Waals surface area contributed by atoms with Crippen molar-refractivity contribution in [1.82, 2.24) is 9.97 Å². The molecule has 0 radical (unpaired) electrons. The Kier molecular flexibility index (Phi) is 3.30. The molecule has 86 valence electrons. The lowest BCUT2D eigenvalue weighted by Crippen LogP contribution is -1.99. The Balaban J connectivity index is 2.21. The molecule has 1 aromatic carbocycles. The number of benzene rings is 1. The van der Waals surface area contributed by atoms with Crippen molar-refractivity contribution >= 4 is 17.9 Å². The zero-order valence-corrected chi connectivity index (χ0v) is 9.25. The lowest BCUT2D eigenvalue weighted by Gasteiger charge is -2.06. The normalized spacial score (nSPS) is 9.71. The van der Waals surface area contributed by atoms with Gasteiger partial charge in [0.15, 0.2) is 6.29 Å². The Morgan fingerprint density at radius 3 is 3.00 bits per heavy atom. The number of aromatic nitrogens is 2. The van der Waals surface area contributed by atoms with E-state index in [4.69, 9.17) is 4.74 Å². The summed E-state index contributed by atoms with van der Waals surface area (Å²) in [6.45, 7) is 0. The van der Waals surface area contributed by atoms with E-state index in [0.29, 0.717) is 17.9 Å². The van der Waals surface area contributed by atoms with Gasteiger partial charge in [-0.05, 0) is 18.2 Å². The fourth-order valence-electron chi connectivity index (χ4n) is 1.33. The second kappa shape index (κ2) is 5.07. The predicted octanol–water partition coefficient (Wildman–Crippen LogP) is 2.04. The van der Waals surface area contributed by atoms with E-state index in [9.17, 15) is 4.79 Å². The van der Waals surface area contributed by atoms with Crippen molar-refractivity contribution in [3.05, 3.63) is 42.2 Å². The van der Waals surface area contributed by atoms with Crippen LogP contribution < -0.4 is 10.1 Å². The summed E-state index contributed by atoms with van der Waals surface area (Å²) in [4.78, 5) is 18.6. The monoisotopic (exact) mass is 229 g/mol. The van der Waals surface area contributed by atoms with E-state index in [-0.39, 0.29) is 0 Å². The van der Waals surface area contributed by atoms with Crippen LogP contribution >= 0.6 is 0 Å². The minimum absolute atomic E-state index is 0.338. The van der Waals surface area contributed by atoms with Crippen LogP contribution in [0.25, 0.3) is 0 Å². The van der Waals surface area contributed by atoms with Crippen LogP contribution in [0.4, 0.5) is 11.6 Å². The Morgan fingerprint density at radius 1 is 1.35 bits per heavy atom. The van der Waals surface area contributed by atoms with Gasteiger partial charge >= 0.3 is 0 Å². The first-order chi connectivity index (χ1) is 8.31. The highest BCUT2D eigenvalue weighted by atomic mass is 16.5. The second-order valence-corrected chi connectivity index (χ2v) is 3.28. The molecule has 5 heteroatoms. The van der Waals surface area contributed by atoms with Gasteiger partial charge in [0, 0.05) is 18.0 Å². The molecule has 2 rings (SSSR count). The molecule has 0 saturated heterocycles. The number of nitrogens with zero attached hydrogens (tertiary/aromatic N) is 2. The molecule has 0 amide bonds. The number of carbonyl (C=O) groups excluding carboxylic acids is 1. The van der Waals surface area contributed by atoms with Crippen LogP contribution in [0.3, 0.4) is 0 Å². The molecule has 0 fully saturated rings. The van der Waals surface area contributed by atoms with Gasteiger partial charge in [-0.2, -0.15) is 0 Å². The van der Waals surface area contributed by atoms with Crippen LogP contribution in [0.2, 0.25) is 0 Å². The van der Waals surface area contributed by atoms with Gasteiger partial charge in [-0.25, -0.2) is 9.97 Å². The average Bonchev–Trinajstić information content (AvgIpc) is 2.39. The van der Waals surface area contributed by atoms with Crippen molar-refractivity contribution in [2.45, 2.75) is 0 Å². The summed E-state index contributed by atoms with van der Waals surface area (Å²) in [5, 5.41) is 2.99. The average molecular weight is 229 g/mol. The van der Waals surface area contributed by atoms with Gasteiger partial charge in [0.05, 0.1) is 7.11 Å². The third-order valence-electron chi connectivity index (χ3n) is 2.12. The SMILES string of the molecule is COc1cccc(Nc2nccc(C=O)n2)c1. The van der Waals surface area contributed by atoms with Crippen LogP contribution in [-0.4, -0.2) is 23.4 Å². The molecular weight excluding hydrogens is 218 g/mol. The molecule has 0 aliphatic heterocycles. The van der Waals surface area contributed by atoms with Gasteiger partial charge in [0.2, 0.25) is 5.95 Å². The molecule has 0 saturated carbocycles. The number of carbonyl (C=O) groups is 1. The summed E-state index contributed by atoms with van der Waals surface area (Å²) in [6, 6.07) is 8.92. The molecule has 0 bridgehead atoms. The summed E-state index contributed by atoms with van der Waals surface area (Å²) >= 11 is 0. The first kappa shape index (κ1) is 11.1. The molecule has 17 heavy (non-hydrogen) atoms. The fourth-order valence-corrected chi connectivity index (χ4v) is 1.33. The van der Waals surface area contributed by atoms with Gasteiger partial charge in [0.25, 0.3) is 0 Å². The fraction of sp³-hybridized carbons (Fsp3) is 0.0833. The molecule has 1 N–H and O–H groups in total. The number of methoxy groups -OCH3 is 1. The molecule has 0 aliphatic rings. The van der Waals surface area contributed by atoms with Crippen molar-refractivity contribution in [3.63, 3.8) is 0 Å². The quantitative estimate of drug-likeness (QED) is 0.813. The minimum atomic E-state index is 0.338. The van der Waals surface area contributed by atoms with E-state index in [1.165, 1.54) is 6.20 Å². The van der Waals surface area contributed by atoms with E-state index < -0.39 is 0 Å². The summed E-state index contributed by atoms with van der Waals surface area (Å²) in [6.07, 6.45) is 2.21. The number of hydrogen-bond donors (Lipinski definition) is 1. The molecule has 5 nitrogen and oxygen atoms in total. The Hall–Kier alpha value is -2.43. The highest BCUT2D eigenvalue weighted by molar-refractivity contribution is 5.72. The van der Waals surface area contributed by atoms with Gasteiger partial charge in [-0.3, -0.25) is 4.79 Å². The Labute approximate surface area is 98.5 Å². The van der Waals surface area contributed by atoms with Crippen LogP contribution in [0.15, 0.2) is 36.5 Å². The molecule has 0 atom stereocenters. The third-order valence-corrected chi connectivity index (χ3v) is 2.12. The molecular formula is C12H11N3O2. The van der Waals surface area contributed by atoms with Crippen LogP contribution in [0.5, 0.6) is 5.75 Å². The predicted molar refractivity (Wildman–Crippen MR) is 63.7 cm³/mol. The van der Waals surface area contributed by atoms with E-state index in [1.807, 2.05) is 24.3 Å². The van der Waals surface area contributed by atoms with Gasteiger partial charge in [0.1, 0.15) is 11.4 Å². The molecule has 0 spiro atoms. The topological polar surface area (TPSA) is 64.1 Å². The Morgan fingerprint density at radius 2 is 2.24 bits per heavy atom. The van der Waals surface area contributed by atoms with Gasteiger partial charge < -0.3 is 10.1 Å². The Bertz CT molecular complexity index is 529. The van der Waals surface area contributed by atoms with Crippen molar-refractivity contribution in [1.29, 1.82) is 0 Å². The van der Waals surface area contributed by atoms with Crippen molar-refractivity contribution in [3.8, 4) is 5.75 Å². The summed E-state index contributed by atoms with van der Waals surface area (Å²) < 4.78 is 5.10. The largest absolute Gasteiger partial charge is 0.497 e. The van der Waals surface area contributed by atoms with Crippen LogP contribution in [0, 0.1) is 0 Å². The molecule has 0 aliphatic carbocycles. The second-order valence-electron chi connectivity index (χ2n) is 3.28. The van der Waals surface area contributed by atoms with Crippen molar-refractivity contribution < 1.29 is 9.53 Å². The molecule has 1 heterocycles. The van der Waals surface area contributed by atoms with Gasteiger partial charge in [-0.15, -0.1) is 0 Å². The van der Waals surface area contributed by atoms with Crippen LogP contribution in [-0.2, 0) is 0 Å². The maximum absolute atomic E-state index is 10.6. The minimum Gasteiger partial charge on any atom is -0.497 e. The molecule has 2 aromatic rings. The third kappa shape index (κ3) is 2.78. The zero-order valence-electron chi connectivity index (χ0n) is 9.25. The van der Waals surface area contributed by atoms with E-state index in [0.717, 1.165) is 11.4 Å². The first-order valence-electron chi connectivity index (χ1n) is 5.01. The number of rotatable bonds is 4. The highest BCUT2D eigenvalue weighted by Gasteiger charge is 2.00. The van der Waals surface area contributed by atoms with E-state index >= 15 is 0 Å². The van der Waals surface area contributed by atoms with Crippen molar-refractivity contribution in [2.75, 3.05) is 12.4 Å². The number of anilines is 2. The maximum atomic E-state index is 10.6. The van der Waals surface area contributed by atoms with E-state index in [2.05, 4.69) is 15.3 Å². The van der Waals surface area contributed by atoms with Crippen LogP contribution in [0.1, 0.15) is 10.5 Å². The molecule has 1 aromatic heterocycles. The zero-order chi connectivity index (χ0) is 12.1. The summed E-state index contributed by atoms with van der Waals surface area (Å²) in [5.41, 5.74) is 1.14. The lowest BCUT2D eigenvalue weighted by molar-refractivity contribution is 0.111. The number of ether oxygens (including phenoxy) is 1. The number of aldehydes is 1. The standard InChI is InChI=1S/C12H11N3O2/c1-17-11-4-2-3-9(7-11)14-12-13-6-5-10(8-16)15-12/h2-8H,1H3,(H,13,14,15). The lowest BCUT2D eigenvalue weighted by atomic mass is 10.3. The first-order valence-corrected chi connectivity index (χ1v) is 5.01. The van der Waals surface area contributed by atoms with E-state index in [1.54, 1.807) is 13.2 Å². The number of hydrogen-bond acceptors (Lipinski definition) is 5. The maximum Gasteiger partial charge on any atom is 0.227 e. The molecule has 0 unspecified atom stereocenters. The summed E-state index contributed by atoms with van der Waals surface area (Å²) in [7, 11) is 1.60. The van der Waals surface area contributed by atoms with Crippen molar-refractivity contribution in [2.24, 2.45) is 0 Å². The highest BCUT2D eigenvalue weighted by Crippen LogP contribution is 2.19.